The molecule has 0 aliphatic rings. The van der Waals surface area contributed by atoms with E-state index in [1.165, 1.54) is 0 Å². The first-order chi connectivity index (χ1) is 8.43. The number of urea groups is 1. The molecule has 1 heterocycles. The van der Waals surface area contributed by atoms with Crippen molar-refractivity contribution in [3.8, 4) is 0 Å². The largest absolute Gasteiger partial charge is 0.335 e. The van der Waals surface area contributed by atoms with Crippen molar-refractivity contribution in [1.82, 2.24) is 15.2 Å². The maximum Gasteiger partial charge on any atom is 0.317 e. The Bertz CT molecular complexity index is 378. The number of aromatic nitrogens is 1. The van der Waals surface area contributed by atoms with Gasteiger partial charge in [0.25, 0.3) is 0 Å². The summed E-state index contributed by atoms with van der Waals surface area (Å²) in [5, 5.41) is 3.00. The fourth-order valence-electron chi connectivity index (χ4n) is 1.49. The van der Waals surface area contributed by atoms with Crippen molar-refractivity contribution in [2.45, 2.75) is 39.8 Å². The Labute approximate surface area is 109 Å². The van der Waals surface area contributed by atoms with Gasteiger partial charge < -0.3 is 10.2 Å². The van der Waals surface area contributed by atoms with E-state index in [0.717, 1.165) is 5.56 Å². The highest BCUT2D eigenvalue weighted by atomic mass is 16.2. The monoisotopic (exact) mass is 249 g/mol. The Kier molecular flexibility index (Phi) is 5.13. The van der Waals surface area contributed by atoms with Gasteiger partial charge in [-0.2, -0.15) is 0 Å². The van der Waals surface area contributed by atoms with Crippen molar-refractivity contribution >= 4 is 6.03 Å². The second kappa shape index (κ2) is 6.38. The van der Waals surface area contributed by atoms with E-state index < -0.39 is 0 Å². The zero-order valence-electron chi connectivity index (χ0n) is 11.8. The predicted octanol–water partition coefficient (Wildman–Crippen LogP) is 2.83. The number of nitrogens with zero attached hydrogens (tertiary/aromatic N) is 2. The average molecular weight is 249 g/mol. The van der Waals surface area contributed by atoms with Crippen molar-refractivity contribution in [2.24, 2.45) is 5.92 Å². The zero-order valence-corrected chi connectivity index (χ0v) is 11.8. The zero-order chi connectivity index (χ0) is 13.7. The molecule has 0 bridgehead atoms. The summed E-state index contributed by atoms with van der Waals surface area (Å²) >= 11 is 0. The number of rotatable bonds is 4. The third-order valence-electron chi connectivity index (χ3n) is 3.42. The van der Waals surface area contributed by atoms with E-state index >= 15 is 0 Å². The molecular formula is C14H23N3O. The molecule has 1 unspecified atom stereocenters. The van der Waals surface area contributed by atoms with Crippen LogP contribution in [0.3, 0.4) is 0 Å². The maximum absolute atomic E-state index is 12.1. The molecule has 2 atom stereocenters. The third-order valence-corrected chi connectivity index (χ3v) is 3.42. The number of amides is 2. The Morgan fingerprint density at radius 1 is 1.33 bits per heavy atom. The molecule has 2 amide bonds. The first kappa shape index (κ1) is 14.5. The topological polar surface area (TPSA) is 45.2 Å². The van der Waals surface area contributed by atoms with Crippen LogP contribution in [0.25, 0.3) is 0 Å². The summed E-state index contributed by atoms with van der Waals surface area (Å²) < 4.78 is 0. The molecule has 4 nitrogen and oxygen atoms in total. The summed E-state index contributed by atoms with van der Waals surface area (Å²) in [6.45, 7) is 8.20. The lowest BCUT2D eigenvalue weighted by Gasteiger charge is -2.28. The molecule has 1 N–H and O–H groups in total. The highest BCUT2D eigenvalue weighted by molar-refractivity contribution is 5.74. The quantitative estimate of drug-likeness (QED) is 0.891. The van der Waals surface area contributed by atoms with Crippen LogP contribution in [0.5, 0.6) is 0 Å². The molecule has 0 radical (unpaired) electrons. The van der Waals surface area contributed by atoms with Gasteiger partial charge in [-0.25, -0.2) is 4.79 Å². The van der Waals surface area contributed by atoms with Crippen LogP contribution in [0.15, 0.2) is 24.5 Å². The van der Waals surface area contributed by atoms with Crippen LogP contribution in [0.1, 0.15) is 39.3 Å². The van der Waals surface area contributed by atoms with Crippen LogP contribution >= 0.6 is 0 Å². The molecule has 18 heavy (non-hydrogen) atoms. The van der Waals surface area contributed by atoms with E-state index in [1.54, 1.807) is 24.3 Å². The van der Waals surface area contributed by atoms with Gasteiger partial charge in [-0.3, -0.25) is 4.98 Å². The van der Waals surface area contributed by atoms with E-state index in [1.807, 2.05) is 26.0 Å². The minimum Gasteiger partial charge on any atom is -0.335 e. The van der Waals surface area contributed by atoms with Crippen LogP contribution < -0.4 is 5.32 Å². The van der Waals surface area contributed by atoms with E-state index in [2.05, 4.69) is 24.1 Å². The standard InChI is InChI=1S/C14H23N3O/c1-10(2)11(3)16-14(18)17(5)12(4)13-7-6-8-15-9-13/h6-12H,1-5H3,(H,16,18)/t11-,12?/m1/s1. The van der Waals surface area contributed by atoms with Crippen molar-refractivity contribution in [3.05, 3.63) is 30.1 Å². The molecule has 0 spiro atoms. The molecular weight excluding hydrogens is 226 g/mol. The van der Waals surface area contributed by atoms with Gasteiger partial charge in [0.05, 0.1) is 6.04 Å². The molecule has 1 rings (SSSR count). The summed E-state index contributed by atoms with van der Waals surface area (Å²) in [5.74, 6) is 0.427. The Morgan fingerprint density at radius 2 is 2.00 bits per heavy atom. The number of carbonyl (C=O) groups is 1. The molecule has 0 saturated heterocycles. The summed E-state index contributed by atoms with van der Waals surface area (Å²) in [4.78, 5) is 17.8. The summed E-state index contributed by atoms with van der Waals surface area (Å²) in [6.07, 6.45) is 3.53. The van der Waals surface area contributed by atoms with E-state index in [0.29, 0.717) is 5.92 Å². The summed E-state index contributed by atoms with van der Waals surface area (Å²) in [5.41, 5.74) is 1.03. The fourth-order valence-corrected chi connectivity index (χ4v) is 1.49. The van der Waals surface area contributed by atoms with E-state index in [9.17, 15) is 4.79 Å². The lowest BCUT2D eigenvalue weighted by atomic mass is 10.1. The van der Waals surface area contributed by atoms with Crippen LogP contribution in [0.4, 0.5) is 4.79 Å². The molecule has 0 aromatic carbocycles. The molecule has 1 aromatic heterocycles. The van der Waals surface area contributed by atoms with Gasteiger partial charge in [0, 0.05) is 25.5 Å². The van der Waals surface area contributed by atoms with Gasteiger partial charge in [-0.05, 0) is 31.4 Å². The minimum atomic E-state index is -0.0486. The Hall–Kier alpha value is -1.58. The smallest absolute Gasteiger partial charge is 0.317 e. The molecule has 1 aromatic rings. The lowest BCUT2D eigenvalue weighted by molar-refractivity contribution is 0.188. The van der Waals surface area contributed by atoms with Crippen molar-refractivity contribution in [3.63, 3.8) is 0 Å². The van der Waals surface area contributed by atoms with Crippen LogP contribution in [-0.2, 0) is 0 Å². The first-order valence-electron chi connectivity index (χ1n) is 6.36. The number of nitrogens with one attached hydrogen (secondary N) is 1. The highest BCUT2D eigenvalue weighted by Crippen LogP contribution is 2.17. The maximum atomic E-state index is 12.1. The van der Waals surface area contributed by atoms with Gasteiger partial charge >= 0.3 is 6.03 Å². The second-order valence-electron chi connectivity index (χ2n) is 5.06. The first-order valence-corrected chi connectivity index (χ1v) is 6.36. The number of pyridine rings is 1. The predicted molar refractivity (Wildman–Crippen MR) is 73.2 cm³/mol. The highest BCUT2D eigenvalue weighted by Gasteiger charge is 2.19. The van der Waals surface area contributed by atoms with Gasteiger partial charge in [0.15, 0.2) is 0 Å². The van der Waals surface area contributed by atoms with Crippen molar-refractivity contribution in [1.29, 1.82) is 0 Å². The van der Waals surface area contributed by atoms with E-state index in [4.69, 9.17) is 0 Å². The summed E-state index contributed by atoms with van der Waals surface area (Å²) in [7, 11) is 1.81. The molecule has 0 aliphatic carbocycles. The minimum absolute atomic E-state index is 0.0121. The fraction of sp³-hybridized carbons (Fsp3) is 0.571. The number of hydrogen-bond donors (Lipinski definition) is 1. The Balaban J connectivity index is 2.64. The molecule has 0 fully saturated rings. The van der Waals surface area contributed by atoms with Gasteiger partial charge in [-0.15, -0.1) is 0 Å². The van der Waals surface area contributed by atoms with E-state index in [-0.39, 0.29) is 18.1 Å². The van der Waals surface area contributed by atoms with Crippen LogP contribution in [-0.4, -0.2) is 29.0 Å². The van der Waals surface area contributed by atoms with Gasteiger partial charge in [-0.1, -0.05) is 19.9 Å². The van der Waals surface area contributed by atoms with Crippen molar-refractivity contribution < 1.29 is 4.79 Å². The SMILES string of the molecule is CC(C)[C@@H](C)NC(=O)N(C)C(C)c1cccnc1. The average Bonchev–Trinajstić information content (AvgIpc) is 2.37. The second-order valence-corrected chi connectivity index (χ2v) is 5.06. The molecule has 4 heteroatoms. The lowest BCUT2D eigenvalue weighted by Crippen LogP contribution is -2.44. The van der Waals surface area contributed by atoms with Gasteiger partial charge in [0.2, 0.25) is 0 Å². The molecule has 100 valence electrons. The summed E-state index contributed by atoms with van der Waals surface area (Å²) in [6, 6.07) is 3.99. The molecule has 0 aliphatic heterocycles. The van der Waals surface area contributed by atoms with Crippen LogP contribution in [0.2, 0.25) is 0 Å². The van der Waals surface area contributed by atoms with Crippen molar-refractivity contribution in [2.75, 3.05) is 7.05 Å². The molecule has 0 saturated carbocycles. The number of hydrogen-bond acceptors (Lipinski definition) is 2. The third kappa shape index (κ3) is 3.72. The Morgan fingerprint density at radius 3 is 2.50 bits per heavy atom. The van der Waals surface area contributed by atoms with Crippen LogP contribution in [0, 0.1) is 5.92 Å². The normalized spacial score (nSPS) is 14.1. The van der Waals surface area contributed by atoms with Gasteiger partial charge in [0.1, 0.15) is 0 Å². The number of carbonyl (C=O) groups excluding carboxylic acids is 1.